The molecule has 0 bridgehead atoms. The number of anilines is 2. The second kappa shape index (κ2) is 11.7. The first-order valence-electron chi connectivity index (χ1n) is 13.2. The summed E-state index contributed by atoms with van der Waals surface area (Å²) >= 11 is 0. The van der Waals surface area contributed by atoms with Crippen molar-refractivity contribution in [2.24, 2.45) is 16.8 Å². The summed E-state index contributed by atoms with van der Waals surface area (Å²) in [5, 5.41) is 0. The van der Waals surface area contributed by atoms with E-state index in [1.807, 2.05) is 86.5 Å². The number of benzene rings is 3. The van der Waals surface area contributed by atoms with Crippen molar-refractivity contribution in [2.45, 2.75) is 25.2 Å². The minimum atomic E-state index is -3.72. The zero-order chi connectivity index (χ0) is 28.3. The highest BCUT2D eigenvalue weighted by Crippen LogP contribution is 2.27. The van der Waals surface area contributed by atoms with Crippen molar-refractivity contribution in [1.82, 2.24) is 4.31 Å². The van der Waals surface area contributed by atoms with Crippen molar-refractivity contribution in [3.8, 4) is 0 Å². The minimum Gasteiger partial charge on any atom is -0.378 e. The van der Waals surface area contributed by atoms with Crippen molar-refractivity contribution < 1.29 is 13.2 Å². The van der Waals surface area contributed by atoms with E-state index < -0.39 is 15.9 Å². The maximum absolute atomic E-state index is 13.5. The predicted octanol–water partition coefficient (Wildman–Crippen LogP) is 5.16. The number of carbonyl (C=O) groups excluding carboxylic acids is 1. The topological polar surface area (TPSA) is 73.3 Å². The predicted molar refractivity (Wildman–Crippen MR) is 160 cm³/mol. The summed E-state index contributed by atoms with van der Waals surface area (Å²) in [4.78, 5) is 22.2. The van der Waals surface area contributed by atoms with Gasteiger partial charge >= 0.3 is 0 Å². The number of nitrogens with zero attached hydrogens (tertiary/aromatic N) is 4. The Hall–Kier alpha value is -3.49. The smallest absolute Gasteiger partial charge is 0.277 e. The molecule has 0 aromatic heterocycles. The number of hydrogen-bond donors (Lipinski definition) is 0. The lowest BCUT2D eigenvalue weighted by Gasteiger charge is -2.34. The lowest BCUT2D eigenvalue weighted by atomic mass is 9.94. The summed E-state index contributed by atoms with van der Waals surface area (Å²) in [5.41, 5.74) is 4.43. The third-order valence-corrected chi connectivity index (χ3v) is 8.91. The molecular weight excluding hydrogens is 508 g/mol. The molecule has 0 aliphatic carbocycles. The SMILES string of the molecule is C[C@@H]1C[C@H](C)CN(S(=O)(=O)c2cccc(C(=O)N=C(c3ccc(N(C)C)cc3)c3ccc(N(C)C)cc3)c2)C1. The van der Waals surface area contributed by atoms with E-state index >= 15 is 0 Å². The molecule has 8 heteroatoms. The zero-order valence-corrected chi connectivity index (χ0v) is 24.4. The van der Waals surface area contributed by atoms with Gasteiger partial charge in [-0.15, -0.1) is 0 Å². The first-order valence-corrected chi connectivity index (χ1v) is 14.7. The van der Waals surface area contributed by atoms with E-state index in [-0.39, 0.29) is 10.5 Å². The van der Waals surface area contributed by atoms with Gasteiger partial charge in [-0.2, -0.15) is 4.31 Å². The monoisotopic (exact) mass is 546 g/mol. The Kier molecular flexibility index (Phi) is 8.57. The Balaban J connectivity index is 1.72. The fraction of sp³-hybridized carbons (Fsp3) is 0.355. The molecular formula is C31H38N4O3S. The largest absolute Gasteiger partial charge is 0.378 e. The van der Waals surface area contributed by atoms with Gasteiger partial charge in [-0.3, -0.25) is 4.79 Å². The number of hydrogen-bond acceptors (Lipinski definition) is 5. The van der Waals surface area contributed by atoms with Crippen LogP contribution >= 0.6 is 0 Å². The van der Waals surface area contributed by atoms with E-state index in [1.54, 1.807) is 22.5 Å². The number of piperidine rings is 1. The van der Waals surface area contributed by atoms with Crippen molar-refractivity contribution in [3.05, 3.63) is 89.5 Å². The third-order valence-electron chi connectivity index (χ3n) is 7.08. The highest BCUT2D eigenvalue weighted by Gasteiger charge is 2.32. The van der Waals surface area contributed by atoms with Crippen LogP contribution in [0.15, 0.2) is 82.7 Å². The molecule has 2 atom stereocenters. The van der Waals surface area contributed by atoms with E-state index in [9.17, 15) is 13.2 Å². The van der Waals surface area contributed by atoms with Crippen molar-refractivity contribution in [3.63, 3.8) is 0 Å². The number of sulfonamides is 1. The van der Waals surface area contributed by atoms with Gasteiger partial charge in [0.1, 0.15) is 0 Å². The van der Waals surface area contributed by atoms with Crippen LogP contribution in [0, 0.1) is 11.8 Å². The normalized spacial score (nSPS) is 17.9. The molecule has 1 heterocycles. The van der Waals surface area contributed by atoms with Crippen molar-refractivity contribution >= 4 is 33.0 Å². The molecule has 0 saturated carbocycles. The van der Waals surface area contributed by atoms with Crippen LogP contribution in [0.25, 0.3) is 0 Å². The number of rotatable bonds is 7. The second-order valence-corrected chi connectivity index (χ2v) is 12.9. The Morgan fingerprint density at radius 2 is 1.26 bits per heavy atom. The second-order valence-electron chi connectivity index (χ2n) is 10.9. The molecule has 1 aliphatic rings. The standard InChI is InChI=1S/C31H38N4O3S/c1-22-18-23(2)21-35(20-22)39(37,38)29-9-7-8-26(19-29)31(36)32-30(24-10-14-27(15-11-24)33(3)4)25-12-16-28(17-13-25)34(5)6/h7-17,19,22-23H,18,20-21H2,1-6H3/t22-,23+. The van der Waals surface area contributed by atoms with Crippen molar-refractivity contribution in [2.75, 3.05) is 51.1 Å². The average Bonchev–Trinajstić information content (AvgIpc) is 2.91. The Labute approximate surface area is 232 Å². The van der Waals surface area contributed by atoms with Crippen LogP contribution in [-0.2, 0) is 10.0 Å². The van der Waals surface area contributed by atoms with E-state index in [0.717, 1.165) is 28.9 Å². The summed E-state index contributed by atoms with van der Waals surface area (Å²) in [5.74, 6) is 0.0901. The highest BCUT2D eigenvalue weighted by molar-refractivity contribution is 7.89. The summed E-state index contributed by atoms with van der Waals surface area (Å²) in [6.07, 6.45) is 1.01. The van der Waals surface area contributed by atoms with Gasteiger partial charge in [0.2, 0.25) is 10.0 Å². The first-order chi connectivity index (χ1) is 18.5. The highest BCUT2D eigenvalue weighted by atomic mass is 32.2. The van der Waals surface area contributed by atoms with Crippen LogP contribution < -0.4 is 9.80 Å². The molecule has 0 unspecified atom stereocenters. The summed E-state index contributed by atoms with van der Waals surface area (Å²) < 4.78 is 28.5. The maximum atomic E-state index is 13.5. The van der Waals surface area contributed by atoms with E-state index in [2.05, 4.69) is 18.8 Å². The molecule has 1 saturated heterocycles. The molecule has 1 aliphatic heterocycles. The quantitative estimate of drug-likeness (QED) is 0.383. The fourth-order valence-corrected chi connectivity index (χ4v) is 6.76. The van der Waals surface area contributed by atoms with Crippen LogP contribution in [0.1, 0.15) is 41.8 Å². The molecule has 206 valence electrons. The lowest BCUT2D eigenvalue weighted by Crippen LogP contribution is -2.42. The molecule has 1 fully saturated rings. The van der Waals surface area contributed by atoms with Crippen LogP contribution in [0.3, 0.4) is 0 Å². The summed E-state index contributed by atoms with van der Waals surface area (Å²) in [6.45, 7) is 5.12. The van der Waals surface area contributed by atoms with E-state index in [1.165, 1.54) is 6.07 Å². The molecule has 0 N–H and O–H groups in total. The Bertz CT molecular complexity index is 1380. The summed E-state index contributed by atoms with van der Waals surface area (Å²) in [7, 11) is 4.17. The Morgan fingerprint density at radius 3 is 1.72 bits per heavy atom. The van der Waals surface area contributed by atoms with Crippen LogP contribution in [-0.4, -0.2) is 65.6 Å². The van der Waals surface area contributed by atoms with Gasteiger partial charge in [0.25, 0.3) is 5.91 Å². The van der Waals surface area contributed by atoms with Gasteiger partial charge < -0.3 is 9.80 Å². The minimum absolute atomic E-state index is 0.122. The first kappa shape index (κ1) is 28.5. The molecule has 4 rings (SSSR count). The molecule has 0 radical (unpaired) electrons. The fourth-order valence-electron chi connectivity index (χ4n) is 5.04. The van der Waals surface area contributed by atoms with Crippen LogP contribution in [0.2, 0.25) is 0 Å². The molecule has 1 amide bonds. The molecule has 39 heavy (non-hydrogen) atoms. The molecule has 3 aromatic rings. The zero-order valence-electron chi connectivity index (χ0n) is 23.6. The van der Waals surface area contributed by atoms with Gasteiger partial charge in [0, 0.05) is 69.3 Å². The van der Waals surface area contributed by atoms with Crippen LogP contribution in [0.5, 0.6) is 0 Å². The van der Waals surface area contributed by atoms with Crippen molar-refractivity contribution in [1.29, 1.82) is 0 Å². The van der Waals surface area contributed by atoms with E-state index in [4.69, 9.17) is 0 Å². The lowest BCUT2D eigenvalue weighted by molar-refractivity contribution is 0.100. The number of carbonyl (C=O) groups is 1. The third kappa shape index (κ3) is 6.57. The maximum Gasteiger partial charge on any atom is 0.277 e. The van der Waals surface area contributed by atoms with Gasteiger partial charge in [-0.1, -0.05) is 44.2 Å². The molecule has 0 spiro atoms. The number of aliphatic imine (C=N–C) groups is 1. The van der Waals surface area contributed by atoms with E-state index in [0.29, 0.717) is 30.6 Å². The van der Waals surface area contributed by atoms with Gasteiger partial charge in [0.15, 0.2) is 0 Å². The number of amides is 1. The van der Waals surface area contributed by atoms with Gasteiger partial charge in [-0.25, -0.2) is 13.4 Å². The van der Waals surface area contributed by atoms with Gasteiger partial charge in [-0.05, 0) is 60.7 Å². The van der Waals surface area contributed by atoms with Crippen LogP contribution in [0.4, 0.5) is 11.4 Å². The molecule has 7 nitrogen and oxygen atoms in total. The molecule has 3 aromatic carbocycles. The Morgan fingerprint density at radius 1 is 0.769 bits per heavy atom. The van der Waals surface area contributed by atoms with Gasteiger partial charge in [0.05, 0.1) is 10.6 Å². The average molecular weight is 547 g/mol. The summed E-state index contributed by atoms with van der Waals surface area (Å²) in [6, 6.07) is 22.0.